The molecule has 3 aromatic heterocycles. The fourth-order valence-electron chi connectivity index (χ4n) is 4.89. The number of hydrogen-bond acceptors (Lipinski definition) is 5. The van der Waals surface area contributed by atoms with Crippen molar-refractivity contribution in [2.24, 2.45) is 0 Å². The normalized spacial score (nSPS) is 15.3. The lowest BCUT2D eigenvalue weighted by atomic mass is 10.1. The molecule has 0 saturated carbocycles. The number of rotatable bonds is 6. The number of aromatic nitrogens is 3. The van der Waals surface area contributed by atoms with Crippen LogP contribution in [0.2, 0.25) is 0 Å². The van der Waals surface area contributed by atoms with Gasteiger partial charge in [0.15, 0.2) is 0 Å². The van der Waals surface area contributed by atoms with Gasteiger partial charge in [0.25, 0.3) is 11.5 Å². The Kier molecular flexibility index (Phi) is 6.46. The van der Waals surface area contributed by atoms with Gasteiger partial charge in [-0.1, -0.05) is 42.8 Å². The zero-order chi connectivity index (χ0) is 24.4. The number of hydrogen-bond donors (Lipinski definition) is 2. The summed E-state index contributed by atoms with van der Waals surface area (Å²) in [5.74, 6) is -0.347. The van der Waals surface area contributed by atoms with Crippen molar-refractivity contribution in [1.29, 1.82) is 5.41 Å². The quantitative estimate of drug-likeness (QED) is 0.424. The van der Waals surface area contributed by atoms with Gasteiger partial charge in [0.05, 0.1) is 17.0 Å². The van der Waals surface area contributed by atoms with E-state index in [-0.39, 0.29) is 28.6 Å². The molecule has 1 aromatic carbocycles. The molecule has 8 nitrogen and oxygen atoms in total. The van der Waals surface area contributed by atoms with E-state index in [1.165, 1.54) is 29.7 Å². The monoisotopic (exact) mass is 470 g/mol. The number of benzene rings is 1. The van der Waals surface area contributed by atoms with Crippen LogP contribution in [0.4, 0.5) is 0 Å². The van der Waals surface area contributed by atoms with Gasteiger partial charge in [-0.25, -0.2) is 4.98 Å². The summed E-state index contributed by atoms with van der Waals surface area (Å²) < 4.78 is 3.17. The predicted octanol–water partition coefficient (Wildman–Crippen LogP) is 2.95. The summed E-state index contributed by atoms with van der Waals surface area (Å²) in [6.07, 6.45) is 5.32. The smallest absolute Gasteiger partial charge is 0.267 e. The highest BCUT2D eigenvalue weighted by Crippen LogP contribution is 2.20. The number of likely N-dealkylation sites (tertiary alicyclic amines) is 1. The summed E-state index contributed by atoms with van der Waals surface area (Å²) in [6.45, 7) is 5.35. The van der Waals surface area contributed by atoms with Gasteiger partial charge in [-0.3, -0.25) is 19.4 Å². The van der Waals surface area contributed by atoms with Crippen LogP contribution in [0, 0.1) is 5.41 Å². The van der Waals surface area contributed by atoms with Crippen molar-refractivity contribution in [2.45, 2.75) is 32.2 Å². The largest absolute Gasteiger partial charge is 0.351 e. The highest BCUT2D eigenvalue weighted by atomic mass is 16.1. The maximum atomic E-state index is 13.4. The molecular weight excluding hydrogens is 440 g/mol. The second kappa shape index (κ2) is 9.84. The summed E-state index contributed by atoms with van der Waals surface area (Å²) in [6, 6.07) is 16.3. The van der Waals surface area contributed by atoms with Crippen LogP contribution < -0.4 is 16.4 Å². The minimum Gasteiger partial charge on any atom is -0.351 e. The van der Waals surface area contributed by atoms with Gasteiger partial charge in [-0.05, 0) is 56.6 Å². The summed E-state index contributed by atoms with van der Waals surface area (Å²) in [5, 5.41) is 12.3. The second-order valence-corrected chi connectivity index (χ2v) is 9.10. The Balaban J connectivity index is 1.60. The molecule has 180 valence electrons. The second-order valence-electron chi connectivity index (χ2n) is 9.10. The van der Waals surface area contributed by atoms with Gasteiger partial charge in [-0.15, -0.1) is 0 Å². The van der Waals surface area contributed by atoms with Crippen LogP contribution in [0.1, 0.15) is 48.1 Å². The van der Waals surface area contributed by atoms with Crippen LogP contribution in [0.25, 0.3) is 16.7 Å². The molecule has 8 heteroatoms. The Bertz CT molecular complexity index is 1490. The number of piperidine rings is 1. The lowest BCUT2D eigenvalue weighted by Gasteiger charge is -2.26. The van der Waals surface area contributed by atoms with Crippen LogP contribution in [0.5, 0.6) is 0 Å². The molecule has 1 amide bonds. The fraction of sp³-hybridized carbons (Fsp3) is 0.333. The molecule has 1 aliphatic rings. The van der Waals surface area contributed by atoms with E-state index in [2.05, 4.69) is 10.2 Å². The van der Waals surface area contributed by atoms with Crippen molar-refractivity contribution >= 4 is 22.6 Å². The molecule has 2 N–H and O–H groups in total. The van der Waals surface area contributed by atoms with Crippen LogP contribution >= 0.6 is 0 Å². The van der Waals surface area contributed by atoms with Gasteiger partial charge in [-0.2, -0.15) is 0 Å². The van der Waals surface area contributed by atoms with Crippen LogP contribution in [-0.2, 0) is 0 Å². The van der Waals surface area contributed by atoms with Gasteiger partial charge in [0.1, 0.15) is 16.8 Å². The lowest BCUT2D eigenvalue weighted by molar-refractivity contribution is 0.0944. The van der Waals surface area contributed by atoms with Gasteiger partial charge >= 0.3 is 0 Å². The van der Waals surface area contributed by atoms with E-state index >= 15 is 0 Å². The summed E-state index contributed by atoms with van der Waals surface area (Å²) >= 11 is 0. The first-order valence-corrected chi connectivity index (χ1v) is 12.2. The first-order valence-electron chi connectivity index (χ1n) is 12.2. The van der Waals surface area contributed by atoms with E-state index in [9.17, 15) is 9.59 Å². The van der Waals surface area contributed by atoms with Gasteiger partial charge in [0, 0.05) is 19.3 Å². The molecule has 0 spiro atoms. The molecule has 0 aliphatic carbocycles. The summed E-state index contributed by atoms with van der Waals surface area (Å²) in [5.41, 5.74) is 1.81. The Hall–Kier alpha value is -3.78. The number of nitrogens with one attached hydrogen (secondary N) is 2. The molecule has 1 atom stereocenters. The van der Waals surface area contributed by atoms with Crippen LogP contribution in [0.15, 0.2) is 65.6 Å². The fourth-order valence-corrected chi connectivity index (χ4v) is 4.89. The van der Waals surface area contributed by atoms with Gasteiger partial charge < -0.3 is 14.8 Å². The van der Waals surface area contributed by atoms with E-state index in [1.807, 2.05) is 43.3 Å². The molecule has 4 heterocycles. The third kappa shape index (κ3) is 4.49. The number of amides is 1. The van der Waals surface area contributed by atoms with Crippen molar-refractivity contribution in [3.63, 3.8) is 0 Å². The van der Waals surface area contributed by atoms with Crippen molar-refractivity contribution in [1.82, 2.24) is 24.2 Å². The van der Waals surface area contributed by atoms with E-state index in [4.69, 9.17) is 10.4 Å². The molecule has 1 fully saturated rings. The molecular formula is C27H30N6O2. The zero-order valence-electron chi connectivity index (χ0n) is 19.9. The maximum Gasteiger partial charge on any atom is 0.267 e. The van der Waals surface area contributed by atoms with Crippen LogP contribution in [0.3, 0.4) is 0 Å². The molecule has 35 heavy (non-hydrogen) atoms. The molecule has 4 aromatic rings. The van der Waals surface area contributed by atoms with E-state index < -0.39 is 0 Å². The van der Waals surface area contributed by atoms with Crippen molar-refractivity contribution in [3.05, 3.63) is 87.8 Å². The topological polar surface area (TPSA) is 95.5 Å². The molecule has 1 saturated heterocycles. The van der Waals surface area contributed by atoms with E-state index in [0.29, 0.717) is 23.2 Å². The first-order chi connectivity index (χ1) is 17.0. The standard InChI is InChI=1S/C27H30N6O2/c1-19(20-10-4-2-5-11-20)33-24(28)21(26(34)29-13-17-31-14-7-3-8-15-31)18-22-25(33)30-23-12-6-9-16-32(23)27(22)35/h2,4-6,9-12,16,18-19,28H,3,7-8,13-15,17H2,1H3,(H,29,34). The number of carbonyl (C=O) groups is 1. The SMILES string of the molecule is CC(c1ccccc1)n1c(=N)c(C(=O)NCCN2CCCCC2)cc2c(=O)n3ccccc3nc21. The molecule has 0 radical (unpaired) electrons. The minimum absolute atomic E-state index is 0.0384. The van der Waals surface area contributed by atoms with Crippen molar-refractivity contribution in [2.75, 3.05) is 26.2 Å². The highest BCUT2D eigenvalue weighted by molar-refractivity contribution is 5.96. The predicted molar refractivity (Wildman–Crippen MR) is 136 cm³/mol. The number of carbonyl (C=O) groups excluding carboxylic acids is 1. The first kappa shape index (κ1) is 23.0. The minimum atomic E-state index is -0.347. The summed E-state index contributed by atoms with van der Waals surface area (Å²) in [7, 11) is 0. The molecule has 0 bridgehead atoms. The molecule has 1 unspecified atom stereocenters. The summed E-state index contributed by atoms with van der Waals surface area (Å²) in [4.78, 5) is 33.8. The van der Waals surface area contributed by atoms with Crippen LogP contribution in [-0.4, -0.2) is 50.9 Å². The number of pyridine rings is 2. The third-order valence-electron chi connectivity index (χ3n) is 6.84. The highest BCUT2D eigenvalue weighted by Gasteiger charge is 2.21. The Morgan fingerprint density at radius 3 is 2.60 bits per heavy atom. The Labute approximate surface area is 203 Å². The Morgan fingerprint density at radius 2 is 1.83 bits per heavy atom. The van der Waals surface area contributed by atoms with Crippen molar-refractivity contribution in [3.8, 4) is 0 Å². The number of nitrogens with zero attached hydrogens (tertiary/aromatic N) is 4. The van der Waals surface area contributed by atoms with E-state index in [1.54, 1.807) is 22.9 Å². The maximum absolute atomic E-state index is 13.4. The third-order valence-corrected chi connectivity index (χ3v) is 6.84. The Morgan fingerprint density at radius 1 is 1.09 bits per heavy atom. The van der Waals surface area contributed by atoms with Crippen molar-refractivity contribution < 1.29 is 4.79 Å². The van der Waals surface area contributed by atoms with Gasteiger partial charge in [0.2, 0.25) is 0 Å². The number of fused-ring (bicyclic) bond motifs is 2. The molecule has 5 rings (SSSR count). The average molecular weight is 471 g/mol. The lowest BCUT2D eigenvalue weighted by Crippen LogP contribution is -2.40. The molecule has 1 aliphatic heterocycles. The average Bonchev–Trinajstić information content (AvgIpc) is 2.89. The zero-order valence-corrected chi connectivity index (χ0v) is 19.9. The van der Waals surface area contributed by atoms with E-state index in [0.717, 1.165) is 25.2 Å².